The van der Waals surface area contributed by atoms with E-state index in [9.17, 15) is 26.7 Å². The molecule has 0 saturated heterocycles. The summed E-state index contributed by atoms with van der Waals surface area (Å²) in [6.07, 6.45) is -2.32. The Bertz CT molecular complexity index is 1010. The van der Waals surface area contributed by atoms with E-state index in [2.05, 4.69) is 0 Å². The first-order valence-electron chi connectivity index (χ1n) is 6.83. The predicted molar refractivity (Wildman–Crippen MR) is 82.2 cm³/mol. The molecular formula is C15H10F3NO4S2. The van der Waals surface area contributed by atoms with Crippen molar-refractivity contribution in [2.24, 2.45) is 0 Å². The van der Waals surface area contributed by atoms with E-state index in [0.717, 1.165) is 18.4 Å². The SMILES string of the molecule is CS(=O)(=O)c1sc(Oc2cc(F)cc(C#N)c2)c2c1C(O)C(F)(F)C2. The zero-order valence-electron chi connectivity index (χ0n) is 12.6. The molecule has 1 aromatic carbocycles. The topological polar surface area (TPSA) is 87.4 Å². The van der Waals surface area contributed by atoms with Gasteiger partial charge >= 0.3 is 0 Å². The second-order valence-electron chi connectivity index (χ2n) is 5.57. The number of aliphatic hydroxyl groups is 1. The quantitative estimate of drug-likeness (QED) is 0.871. The number of ether oxygens (including phenoxy) is 1. The van der Waals surface area contributed by atoms with Gasteiger partial charge in [-0.15, -0.1) is 0 Å². The fraction of sp³-hybridized carbons (Fsp3) is 0.267. The van der Waals surface area contributed by atoms with Gasteiger partial charge in [-0.05, 0) is 12.1 Å². The van der Waals surface area contributed by atoms with Crippen molar-refractivity contribution < 1.29 is 31.4 Å². The van der Waals surface area contributed by atoms with Gasteiger partial charge < -0.3 is 9.84 Å². The highest BCUT2D eigenvalue weighted by Gasteiger charge is 2.52. The van der Waals surface area contributed by atoms with Gasteiger partial charge in [-0.1, -0.05) is 11.3 Å². The molecule has 1 atom stereocenters. The summed E-state index contributed by atoms with van der Waals surface area (Å²) in [6, 6.07) is 4.82. The number of aliphatic hydroxyl groups excluding tert-OH is 1. The summed E-state index contributed by atoms with van der Waals surface area (Å²) in [5.41, 5.74) is -0.563. The maximum Gasteiger partial charge on any atom is 0.281 e. The number of halogens is 3. The lowest BCUT2D eigenvalue weighted by Crippen LogP contribution is -2.22. The number of fused-ring (bicyclic) bond motifs is 1. The maximum atomic E-state index is 13.8. The van der Waals surface area contributed by atoms with E-state index in [4.69, 9.17) is 10.00 Å². The lowest BCUT2D eigenvalue weighted by Gasteiger charge is -2.14. The van der Waals surface area contributed by atoms with E-state index in [0.29, 0.717) is 11.3 Å². The smallest absolute Gasteiger partial charge is 0.281 e. The van der Waals surface area contributed by atoms with Gasteiger partial charge in [0.15, 0.2) is 14.9 Å². The van der Waals surface area contributed by atoms with E-state index in [1.165, 1.54) is 6.07 Å². The van der Waals surface area contributed by atoms with Crippen molar-refractivity contribution in [1.29, 1.82) is 5.26 Å². The number of nitrogens with zero attached hydrogens (tertiary/aromatic N) is 1. The second kappa shape index (κ2) is 5.72. The molecule has 1 N–H and O–H groups in total. The van der Waals surface area contributed by atoms with Crippen LogP contribution in [-0.2, 0) is 16.3 Å². The molecule has 0 saturated carbocycles. The van der Waals surface area contributed by atoms with Gasteiger partial charge in [0.2, 0.25) is 0 Å². The molecule has 0 bridgehead atoms. The summed E-state index contributed by atoms with van der Waals surface area (Å²) in [7, 11) is -3.88. The fourth-order valence-corrected chi connectivity index (χ4v) is 5.00. The van der Waals surface area contributed by atoms with Crippen molar-refractivity contribution >= 4 is 21.2 Å². The average Bonchev–Trinajstić information content (AvgIpc) is 2.94. The molecule has 10 heteroatoms. The van der Waals surface area contributed by atoms with Crippen LogP contribution >= 0.6 is 11.3 Å². The van der Waals surface area contributed by atoms with Crippen LogP contribution in [0.1, 0.15) is 22.8 Å². The maximum absolute atomic E-state index is 13.8. The summed E-state index contributed by atoms with van der Waals surface area (Å²) in [5, 5.41) is 18.5. The Morgan fingerprint density at radius 2 is 2.08 bits per heavy atom. The second-order valence-corrected chi connectivity index (χ2v) is 8.77. The van der Waals surface area contributed by atoms with Crippen molar-refractivity contribution in [2.45, 2.75) is 22.7 Å². The van der Waals surface area contributed by atoms with Gasteiger partial charge in [-0.3, -0.25) is 0 Å². The van der Waals surface area contributed by atoms with E-state index in [-0.39, 0.29) is 27.5 Å². The molecule has 0 spiro atoms. The Hall–Kier alpha value is -2.09. The largest absolute Gasteiger partial charge is 0.446 e. The minimum Gasteiger partial charge on any atom is -0.446 e. The first kappa shape index (κ1) is 17.7. The van der Waals surface area contributed by atoms with Crippen molar-refractivity contribution in [3.8, 4) is 16.9 Å². The Kier molecular flexibility index (Phi) is 4.06. The molecule has 1 unspecified atom stereocenters. The fourth-order valence-electron chi connectivity index (χ4n) is 2.57. The van der Waals surface area contributed by atoms with Gasteiger partial charge in [-0.25, -0.2) is 21.6 Å². The molecule has 0 aliphatic heterocycles. The van der Waals surface area contributed by atoms with Crippen LogP contribution in [-0.4, -0.2) is 25.7 Å². The molecule has 2 aromatic rings. The van der Waals surface area contributed by atoms with E-state index in [1.54, 1.807) is 6.07 Å². The Balaban J connectivity index is 2.12. The Labute approximate surface area is 144 Å². The molecule has 1 heterocycles. The highest BCUT2D eigenvalue weighted by atomic mass is 32.2. The van der Waals surface area contributed by atoms with Gasteiger partial charge in [0.25, 0.3) is 5.92 Å². The summed E-state index contributed by atoms with van der Waals surface area (Å²) >= 11 is 0.579. The third kappa shape index (κ3) is 3.10. The molecule has 25 heavy (non-hydrogen) atoms. The molecule has 1 aliphatic rings. The molecule has 1 aliphatic carbocycles. The molecule has 1 aromatic heterocycles. The van der Waals surface area contributed by atoms with Crippen molar-refractivity contribution in [1.82, 2.24) is 0 Å². The highest BCUT2D eigenvalue weighted by Crippen LogP contribution is 2.54. The summed E-state index contributed by atoms with van der Waals surface area (Å²) in [5.74, 6) is -4.43. The molecule has 0 amide bonds. The lowest BCUT2D eigenvalue weighted by molar-refractivity contribution is -0.0976. The Morgan fingerprint density at radius 1 is 1.40 bits per heavy atom. The van der Waals surface area contributed by atoms with Gasteiger partial charge in [0.1, 0.15) is 21.9 Å². The van der Waals surface area contributed by atoms with Crippen molar-refractivity contribution in [3.63, 3.8) is 0 Å². The third-order valence-corrected chi connectivity index (χ3v) is 6.58. The number of alkyl halides is 2. The molecule has 5 nitrogen and oxygen atoms in total. The lowest BCUT2D eigenvalue weighted by atomic mass is 10.2. The number of thiophene rings is 1. The third-order valence-electron chi connectivity index (χ3n) is 3.61. The summed E-state index contributed by atoms with van der Waals surface area (Å²) in [4.78, 5) is 0. The van der Waals surface area contributed by atoms with E-state index >= 15 is 0 Å². The molecule has 132 valence electrons. The van der Waals surface area contributed by atoms with Gasteiger partial charge in [-0.2, -0.15) is 5.26 Å². The van der Waals surface area contributed by atoms with Crippen LogP contribution in [0.2, 0.25) is 0 Å². The number of sulfone groups is 1. The molecule has 0 fully saturated rings. The number of rotatable bonds is 3. The van der Waals surface area contributed by atoms with Crippen LogP contribution in [0.3, 0.4) is 0 Å². The first-order chi connectivity index (χ1) is 11.5. The number of hydrogen-bond acceptors (Lipinski definition) is 6. The highest BCUT2D eigenvalue weighted by molar-refractivity contribution is 7.92. The zero-order valence-corrected chi connectivity index (χ0v) is 14.2. The van der Waals surface area contributed by atoms with Crippen LogP contribution in [0.25, 0.3) is 0 Å². The van der Waals surface area contributed by atoms with E-state index < -0.39 is 38.3 Å². The van der Waals surface area contributed by atoms with Crippen LogP contribution in [0.15, 0.2) is 22.4 Å². The van der Waals surface area contributed by atoms with Gasteiger partial charge in [0, 0.05) is 29.9 Å². The first-order valence-corrected chi connectivity index (χ1v) is 9.54. The molecular weight excluding hydrogens is 379 g/mol. The summed E-state index contributed by atoms with van der Waals surface area (Å²) in [6.45, 7) is 0. The zero-order chi connectivity index (χ0) is 18.6. The number of nitriles is 1. The van der Waals surface area contributed by atoms with Crippen molar-refractivity contribution in [3.05, 3.63) is 40.7 Å². The standard InChI is InChI=1S/C15H10F3NO4S2/c1-25(21,22)14-11-10(5-15(17,18)12(11)20)13(24-14)23-9-3-7(6-19)2-8(16)4-9/h2-4,12,20H,5H2,1H3. The average molecular weight is 389 g/mol. The van der Waals surface area contributed by atoms with E-state index in [1.807, 2.05) is 0 Å². The van der Waals surface area contributed by atoms with Crippen LogP contribution in [0.5, 0.6) is 10.8 Å². The van der Waals surface area contributed by atoms with Crippen LogP contribution in [0.4, 0.5) is 13.2 Å². The predicted octanol–water partition coefficient (Wildman–Crippen LogP) is 3.18. The summed E-state index contributed by atoms with van der Waals surface area (Å²) < 4.78 is 69.9. The van der Waals surface area contributed by atoms with Crippen LogP contribution < -0.4 is 4.74 Å². The minimum absolute atomic E-state index is 0.0445. The molecule has 3 rings (SSSR count). The van der Waals surface area contributed by atoms with Gasteiger partial charge in [0.05, 0.1) is 11.6 Å². The number of benzene rings is 1. The monoisotopic (exact) mass is 389 g/mol. The Morgan fingerprint density at radius 3 is 2.68 bits per heavy atom. The van der Waals surface area contributed by atoms with Crippen molar-refractivity contribution in [2.75, 3.05) is 6.26 Å². The van der Waals surface area contributed by atoms with Crippen LogP contribution in [0, 0.1) is 17.1 Å². The molecule has 0 radical (unpaired) electrons. The number of hydrogen-bond donors (Lipinski definition) is 1. The normalized spacial score (nSPS) is 18.6. The minimum atomic E-state index is -3.88.